The molecule has 7 atom stereocenters. The van der Waals surface area contributed by atoms with Crippen molar-refractivity contribution in [1.29, 1.82) is 0 Å². The number of ketones is 1. The van der Waals surface area contributed by atoms with Crippen LogP contribution in [0.5, 0.6) is 0 Å². The summed E-state index contributed by atoms with van der Waals surface area (Å²) >= 11 is 0. The third kappa shape index (κ3) is 5.99. The lowest BCUT2D eigenvalue weighted by atomic mass is 9.47. The van der Waals surface area contributed by atoms with Gasteiger partial charge in [-0.1, -0.05) is 49.8 Å². The van der Waals surface area contributed by atoms with E-state index in [1.165, 1.54) is 18.4 Å². The average Bonchev–Trinajstić information content (AvgIpc) is 3.24. The molecule has 0 bridgehead atoms. The minimum Gasteiger partial charge on any atom is -0.462 e. The summed E-state index contributed by atoms with van der Waals surface area (Å²) in [5.74, 6) is -0.183. The first-order valence-electron chi connectivity index (χ1n) is 14.2. The van der Waals surface area contributed by atoms with Crippen LogP contribution in [0.4, 0.5) is 13.2 Å². The second kappa shape index (κ2) is 11.7. The number of methoxy groups -OCH3 is 1. The first-order valence-corrected chi connectivity index (χ1v) is 14.2. The number of ether oxygens (including phenoxy) is 2. The first kappa shape index (κ1) is 30.3. The molecule has 7 unspecified atom stereocenters. The first-order chi connectivity index (χ1) is 18.8. The van der Waals surface area contributed by atoms with Crippen molar-refractivity contribution in [3.63, 3.8) is 0 Å². The van der Waals surface area contributed by atoms with Gasteiger partial charge in [0.2, 0.25) is 0 Å². The highest BCUT2D eigenvalue weighted by Crippen LogP contribution is 2.65. The molecule has 0 radical (unpaired) electrons. The zero-order chi connectivity index (χ0) is 29.3. The summed E-state index contributed by atoms with van der Waals surface area (Å²) in [4.78, 5) is 34.4. The summed E-state index contributed by atoms with van der Waals surface area (Å²) in [6.07, 6.45) is 5.91. The van der Waals surface area contributed by atoms with Gasteiger partial charge >= 0.3 is 18.1 Å². The number of alkyl halides is 3. The third-order valence-electron chi connectivity index (χ3n) is 10.2. The molecule has 1 aromatic carbocycles. The smallest absolute Gasteiger partial charge is 0.462 e. The Kier molecular flexibility index (Phi) is 8.83. The Morgan fingerprint density at radius 3 is 2.35 bits per heavy atom. The average molecular weight is 564 g/mol. The Balaban J connectivity index is 0.000000406. The third-order valence-corrected chi connectivity index (χ3v) is 10.2. The lowest BCUT2D eigenvalue weighted by Crippen LogP contribution is -2.52. The number of carbonyl (C=O) groups excluding carboxylic acids is 3. The van der Waals surface area contributed by atoms with E-state index < -0.39 is 18.2 Å². The van der Waals surface area contributed by atoms with Crippen molar-refractivity contribution >= 4 is 17.7 Å². The Hall–Kier alpha value is -2.68. The van der Waals surface area contributed by atoms with Crippen LogP contribution in [0.1, 0.15) is 70.8 Å². The van der Waals surface area contributed by atoms with Gasteiger partial charge in [-0.15, -0.1) is 0 Å². The Labute approximate surface area is 233 Å². The maximum atomic E-state index is 12.9. The van der Waals surface area contributed by atoms with Gasteiger partial charge in [0.05, 0.1) is 7.11 Å². The Bertz CT molecular complexity index is 1140. The van der Waals surface area contributed by atoms with Gasteiger partial charge in [-0.05, 0) is 86.2 Å². The van der Waals surface area contributed by atoms with E-state index in [4.69, 9.17) is 10.5 Å². The van der Waals surface area contributed by atoms with Crippen LogP contribution in [-0.2, 0) is 30.3 Å². The highest BCUT2D eigenvalue weighted by Gasteiger charge is 2.60. The number of hydrogen-bond donors (Lipinski definition) is 1. The fourth-order valence-electron chi connectivity index (χ4n) is 8.00. The van der Waals surface area contributed by atoms with Crippen LogP contribution < -0.4 is 5.73 Å². The molecule has 0 saturated heterocycles. The second-order valence-corrected chi connectivity index (χ2v) is 12.3. The molecule has 4 aliphatic rings. The van der Waals surface area contributed by atoms with Gasteiger partial charge in [-0.2, -0.15) is 13.2 Å². The van der Waals surface area contributed by atoms with Gasteiger partial charge in [-0.3, -0.25) is 9.59 Å². The zero-order valence-corrected chi connectivity index (χ0v) is 23.5. The Morgan fingerprint density at radius 2 is 1.73 bits per heavy atom. The molecule has 1 aromatic rings. The summed E-state index contributed by atoms with van der Waals surface area (Å²) in [7, 11) is 0.676. The van der Waals surface area contributed by atoms with Crippen molar-refractivity contribution in [1.82, 2.24) is 0 Å². The van der Waals surface area contributed by atoms with Gasteiger partial charge in [0.25, 0.3) is 0 Å². The lowest BCUT2D eigenvalue weighted by molar-refractivity contribution is -0.196. The molecule has 6 nitrogen and oxygen atoms in total. The van der Waals surface area contributed by atoms with Crippen molar-refractivity contribution in [2.45, 2.75) is 90.0 Å². The topological polar surface area (TPSA) is 95.7 Å². The van der Waals surface area contributed by atoms with Crippen LogP contribution in [0.25, 0.3) is 0 Å². The summed E-state index contributed by atoms with van der Waals surface area (Å²) in [6, 6.07) is 9.32. The molecule has 3 fully saturated rings. The highest BCUT2D eigenvalue weighted by atomic mass is 19.4. The van der Waals surface area contributed by atoms with E-state index in [2.05, 4.69) is 18.6 Å². The minimum absolute atomic E-state index is 0.0274. The van der Waals surface area contributed by atoms with Crippen LogP contribution >= 0.6 is 0 Å². The molecular formula is C31H40F3NO5. The number of fused-ring (bicyclic) bond motifs is 5. The second-order valence-electron chi connectivity index (χ2n) is 12.3. The molecule has 3 saturated carbocycles. The van der Waals surface area contributed by atoms with Crippen molar-refractivity contribution in [2.24, 2.45) is 34.3 Å². The van der Waals surface area contributed by atoms with Crippen molar-refractivity contribution < 1.29 is 37.0 Å². The quantitative estimate of drug-likeness (QED) is 0.471. The van der Waals surface area contributed by atoms with E-state index in [0.717, 1.165) is 37.7 Å². The minimum atomic E-state index is -4.85. The number of benzene rings is 1. The number of halogens is 3. The Morgan fingerprint density at radius 1 is 1.02 bits per heavy atom. The lowest BCUT2D eigenvalue weighted by Gasteiger charge is -2.57. The predicted molar refractivity (Wildman–Crippen MR) is 143 cm³/mol. The summed E-state index contributed by atoms with van der Waals surface area (Å²) in [5, 5.41) is 0. The molecule has 0 spiro atoms. The SMILES string of the molecule is CC12CCC(=O)C=C1CCC1C2CCC2(C)C(OC(=O)C(N)Cc3ccccc3)CCC12.COC(=O)C(F)(F)F. The van der Waals surface area contributed by atoms with E-state index in [-0.39, 0.29) is 22.9 Å². The summed E-state index contributed by atoms with van der Waals surface area (Å²) < 4.78 is 42.4. The van der Waals surface area contributed by atoms with Crippen LogP contribution in [-0.4, -0.2) is 43.2 Å². The molecule has 9 heteroatoms. The van der Waals surface area contributed by atoms with E-state index in [1.54, 1.807) is 0 Å². The normalized spacial score (nSPS) is 33.7. The molecule has 0 aliphatic heterocycles. The molecule has 0 amide bonds. The molecular weight excluding hydrogens is 523 g/mol. The monoisotopic (exact) mass is 563 g/mol. The van der Waals surface area contributed by atoms with Gasteiger partial charge < -0.3 is 15.2 Å². The van der Waals surface area contributed by atoms with E-state index in [9.17, 15) is 27.6 Å². The fraction of sp³-hybridized carbons (Fsp3) is 0.645. The zero-order valence-electron chi connectivity index (χ0n) is 23.5. The van der Waals surface area contributed by atoms with Gasteiger partial charge in [0, 0.05) is 11.8 Å². The molecule has 5 rings (SSSR count). The number of allylic oxidation sites excluding steroid dienone is 1. The maximum absolute atomic E-state index is 12.9. The number of nitrogens with two attached hydrogens (primary N) is 1. The van der Waals surface area contributed by atoms with Crippen molar-refractivity contribution in [3.05, 3.63) is 47.5 Å². The van der Waals surface area contributed by atoms with Crippen LogP contribution in [0.3, 0.4) is 0 Å². The molecule has 220 valence electrons. The standard InChI is InChI=1S/C28H37NO3.C3H3F3O2/c1-27-14-12-20(30)17-19(27)8-9-21-22-10-11-25(28(22,2)15-13-23(21)27)32-26(31)24(29)16-18-6-4-3-5-7-18;1-8-2(7)3(4,5)6/h3-7,17,21-25H,8-16,29H2,1-2H3;1H3. The molecule has 40 heavy (non-hydrogen) atoms. The van der Waals surface area contributed by atoms with Gasteiger partial charge in [0.15, 0.2) is 5.78 Å². The maximum Gasteiger partial charge on any atom is 0.490 e. The highest BCUT2D eigenvalue weighted by molar-refractivity contribution is 5.91. The van der Waals surface area contributed by atoms with Crippen LogP contribution in [0.15, 0.2) is 42.0 Å². The predicted octanol–water partition coefficient (Wildman–Crippen LogP) is 5.72. The van der Waals surface area contributed by atoms with Crippen LogP contribution in [0.2, 0.25) is 0 Å². The fourth-order valence-corrected chi connectivity index (χ4v) is 8.00. The van der Waals surface area contributed by atoms with Crippen LogP contribution in [0, 0.1) is 28.6 Å². The molecule has 0 heterocycles. The van der Waals surface area contributed by atoms with E-state index in [1.807, 2.05) is 36.4 Å². The van der Waals surface area contributed by atoms with E-state index >= 15 is 0 Å². The summed E-state index contributed by atoms with van der Waals surface area (Å²) in [5.41, 5.74) is 8.95. The van der Waals surface area contributed by atoms with Gasteiger partial charge in [0.1, 0.15) is 12.1 Å². The molecule has 2 N–H and O–H groups in total. The number of carbonyl (C=O) groups is 3. The number of hydrogen-bond acceptors (Lipinski definition) is 6. The number of rotatable bonds is 4. The molecule has 0 aromatic heterocycles. The molecule has 4 aliphatic carbocycles. The van der Waals surface area contributed by atoms with Crippen molar-refractivity contribution in [3.8, 4) is 0 Å². The largest absolute Gasteiger partial charge is 0.490 e. The van der Waals surface area contributed by atoms with E-state index in [0.29, 0.717) is 43.5 Å². The summed E-state index contributed by atoms with van der Waals surface area (Å²) in [6.45, 7) is 4.78. The number of esters is 2. The van der Waals surface area contributed by atoms with Gasteiger partial charge in [-0.25, -0.2) is 4.79 Å². The van der Waals surface area contributed by atoms with Crippen molar-refractivity contribution in [2.75, 3.05) is 7.11 Å².